The molecule has 1 fully saturated rings. The molecule has 26 heavy (non-hydrogen) atoms. The van der Waals surface area contributed by atoms with E-state index in [0.29, 0.717) is 21.6 Å². The topological polar surface area (TPSA) is 59.5 Å². The molecule has 0 radical (unpaired) electrons. The molecule has 1 aliphatic carbocycles. The fourth-order valence-corrected chi connectivity index (χ4v) is 3.73. The summed E-state index contributed by atoms with van der Waals surface area (Å²) >= 11 is 1.16. The average Bonchev–Trinajstić information content (AvgIpc) is 3.21. The number of thiazole rings is 1. The second-order valence-electron chi connectivity index (χ2n) is 6.50. The largest absolute Gasteiger partial charge is 0.462 e. The first-order valence-electron chi connectivity index (χ1n) is 8.61. The van der Waals surface area contributed by atoms with Crippen molar-refractivity contribution in [3.63, 3.8) is 0 Å². The lowest BCUT2D eigenvalue weighted by Gasteiger charge is -2.20. The van der Waals surface area contributed by atoms with Gasteiger partial charge in [0.05, 0.1) is 18.8 Å². The lowest BCUT2D eigenvalue weighted by atomic mass is 10.2. The first-order valence-corrected chi connectivity index (χ1v) is 9.42. The van der Waals surface area contributed by atoms with Crippen LogP contribution in [0.15, 0.2) is 24.3 Å². The molecule has 5 nitrogen and oxygen atoms in total. The molecule has 3 rings (SSSR count). The summed E-state index contributed by atoms with van der Waals surface area (Å²) in [5, 5.41) is 0.471. The van der Waals surface area contributed by atoms with E-state index in [9.17, 15) is 14.0 Å². The Morgan fingerprint density at radius 1 is 1.35 bits per heavy atom. The summed E-state index contributed by atoms with van der Waals surface area (Å²) in [5.74, 6) is -0.430. The zero-order valence-corrected chi connectivity index (χ0v) is 15.8. The maximum atomic E-state index is 13.2. The number of carbonyl (C=O) groups is 2. The molecule has 2 atom stereocenters. The number of anilines is 1. The van der Waals surface area contributed by atoms with Crippen LogP contribution < -0.4 is 4.90 Å². The van der Waals surface area contributed by atoms with Gasteiger partial charge in [0, 0.05) is 5.92 Å². The number of benzene rings is 1. The Hall–Kier alpha value is -2.28. The summed E-state index contributed by atoms with van der Waals surface area (Å²) in [6.45, 7) is 6.08. The average molecular weight is 376 g/mol. The third kappa shape index (κ3) is 3.93. The van der Waals surface area contributed by atoms with Crippen molar-refractivity contribution in [2.24, 2.45) is 11.8 Å². The molecule has 0 N–H and O–H groups in total. The van der Waals surface area contributed by atoms with Crippen LogP contribution in [0.25, 0.3) is 0 Å². The number of halogens is 1. The molecule has 2 aromatic rings. The molecular formula is C19H21FN2O3S. The highest BCUT2D eigenvalue weighted by atomic mass is 32.1. The third-order valence-electron chi connectivity index (χ3n) is 4.42. The van der Waals surface area contributed by atoms with Crippen molar-refractivity contribution >= 4 is 28.3 Å². The van der Waals surface area contributed by atoms with E-state index in [1.54, 1.807) is 30.9 Å². The third-order valence-corrected chi connectivity index (χ3v) is 5.58. The molecular weight excluding hydrogens is 355 g/mol. The number of esters is 1. The zero-order valence-electron chi connectivity index (χ0n) is 15.0. The van der Waals surface area contributed by atoms with E-state index in [1.807, 2.05) is 6.92 Å². The fourth-order valence-electron chi connectivity index (χ4n) is 2.76. The summed E-state index contributed by atoms with van der Waals surface area (Å²) in [7, 11) is 0. The standard InChI is InChI=1S/C19H21FN2O3S/c1-4-25-18(24)16-12(3)21-19(26-16)22(17(23)15-9-11(15)2)10-13-5-7-14(20)8-6-13/h5-8,11,15H,4,9-10H2,1-3H3. The van der Waals surface area contributed by atoms with Gasteiger partial charge in [-0.3, -0.25) is 9.69 Å². The van der Waals surface area contributed by atoms with Crippen LogP contribution in [0, 0.1) is 24.6 Å². The maximum Gasteiger partial charge on any atom is 0.350 e. The lowest BCUT2D eigenvalue weighted by molar-refractivity contribution is -0.120. The maximum absolute atomic E-state index is 13.2. The summed E-state index contributed by atoms with van der Waals surface area (Å²) < 4.78 is 18.2. The van der Waals surface area contributed by atoms with Crippen molar-refractivity contribution in [2.45, 2.75) is 33.7 Å². The molecule has 1 aliphatic rings. The number of aryl methyl sites for hydroxylation is 1. The molecule has 0 aliphatic heterocycles. The van der Waals surface area contributed by atoms with Gasteiger partial charge in [0.1, 0.15) is 10.7 Å². The van der Waals surface area contributed by atoms with Crippen LogP contribution in [0.4, 0.5) is 9.52 Å². The minimum Gasteiger partial charge on any atom is -0.462 e. The minimum absolute atomic E-state index is 0.00835. The van der Waals surface area contributed by atoms with Crippen LogP contribution in [0.3, 0.4) is 0 Å². The van der Waals surface area contributed by atoms with Crippen LogP contribution in [0.1, 0.15) is 41.2 Å². The molecule has 1 saturated carbocycles. The first-order chi connectivity index (χ1) is 12.4. The number of nitrogens with zero attached hydrogens (tertiary/aromatic N) is 2. The first kappa shape index (κ1) is 18.5. The summed E-state index contributed by atoms with van der Waals surface area (Å²) in [6, 6.07) is 6.04. The van der Waals surface area contributed by atoms with Crippen LogP contribution >= 0.6 is 11.3 Å². The molecule has 1 heterocycles. The Morgan fingerprint density at radius 2 is 2.00 bits per heavy atom. The molecule has 1 aromatic heterocycles. The number of carbonyl (C=O) groups excluding carboxylic acids is 2. The highest BCUT2D eigenvalue weighted by molar-refractivity contribution is 7.17. The van der Waals surface area contributed by atoms with Crippen molar-refractivity contribution in [3.05, 3.63) is 46.2 Å². The molecule has 7 heteroatoms. The number of hydrogen-bond donors (Lipinski definition) is 0. The van der Waals surface area contributed by atoms with Crippen molar-refractivity contribution in [2.75, 3.05) is 11.5 Å². The molecule has 0 saturated heterocycles. The van der Waals surface area contributed by atoms with Gasteiger partial charge in [-0.05, 0) is 43.9 Å². The highest BCUT2D eigenvalue weighted by Crippen LogP contribution is 2.41. The predicted octanol–water partition coefficient (Wildman–Crippen LogP) is 3.96. The van der Waals surface area contributed by atoms with E-state index in [0.717, 1.165) is 23.3 Å². The Balaban J connectivity index is 1.90. The molecule has 1 aromatic carbocycles. The molecule has 0 bridgehead atoms. The summed E-state index contributed by atoms with van der Waals surface area (Å²) in [4.78, 5) is 31.4. The Morgan fingerprint density at radius 3 is 2.58 bits per heavy atom. The second-order valence-corrected chi connectivity index (χ2v) is 7.48. The smallest absolute Gasteiger partial charge is 0.350 e. The van der Waals surface area contributed by atoms with Gasteiger partial charge < -0.3 is 4.74 Å². The lowest BCUT2D eigenvalue weighted by Crippen LogP contribution is -2.32. The number of aromatic nitrogens is 1. The molecule has 138 valence electrons. The van der Waals surface area contributed by atoms with E-state index < -0.39 is 5.97 Å². The SMILES string of the molecule is CCOC(=O)c1sc(N(Cc2ccc(F)cc2)C(=O)C2CC2C)nc1C. The minimum atomic E-state index is -0.428. The van der Waals surface area contributed by atoms with Gasteiger partial charge >= 0.3 is 5.97 Å². The number of ether oxygens (including phenoxy) is 1. The van der Waals surface area contributed by atoms with Crippen molar-refractivity contribution in [1.29, 1.82) is 0 Å². The normalized spacial score (nSPS) is 18.5. The van der Waals surface area contributed by atoms with Crippen LogP contribution in [0.5, 0.6) is 0 Å². The fraction of sp³-hybridized carbons (Fsp3) is 0.421. The Kier molecular flexibility index (Phi) is 5.36. The summed E-state index contributed by atoms with van der Waals surface area (Å²) in [6.07, 6.45) is 0.855. The van der Waals surface area contributed by atoms with Crippen molar-refractivity contribution in [1.82, 2.24) is 4.98 Å². The van der Waals surface area contributed by atoms with Gasteiger partial charge in [0.15, 0.2) is 5.13 Å². The van der Waals surface area contributed by atoms with Gasteiger partial charge in [-0.25, -0.2) is 14.2 Å². The van der Waals surface area contributed by atoms with Crippen LogP contribution in [-0.4, -0.2) is 23.5 Å². The molecule has 2 unspecified atom stereocenters. The van der Waals surface area contributed by atoms with E-state index in [2.05, 4.69) is 4.98 Å². The van der Waals surface area contributed by atoms with Gasteiger partial charge in [-0.15, -0.1) is 0 Å². The molecule has 0 spiro atoms. The predicted molar refractivity (Wildman–Crippen MR) is 97.7 cm³/mol. The van der Waals surface area contributed by atoms with Crippen molar-refractivity contribution < 1.29 is 18.7 Å². The van der Waals surface area contributed by atoms with E-state index in [4.69, 9.17) is 4.74 Å². The number of amides is 1. The van der Waals surface area contributed by atoms with Gasteiger partial charge in [0.25, 0.3) is 0 Å². The Bertz CT molecular complexity index is 819. The van der Waals surface area contributed by atoms with Crippen LogP contribution in [-0.2, 0) is 16.1 Å². The number of hydrogen-bond acceptors (Lipinski definition) is 5. The van der Waals surface area contributed by atoms with E-state index >= 15 is 0 Å². The Labute approximate surface area is 155 Å². The molecule has 1 amide bonds. The van der Waals surface area contributed by atoms with Gasteiger partial charge in [-0.1, -0.05) is 30.4 Å². The van der Waals surface area contributed by atoms with E-state index in [-0.39, 0.29) is 30.8 Å². The highest BCUT2D eigenvalue weighted by Gasteiger charge is 2.42. The van der Waals surface area contributed by atoms with Crippen LogP contribution in [0.2, 0.25) is 0 Å². The van der Waals surface area contributed by atoms with Gasteiger partial charge in [-0.2, -0.15) is 0 Å². The second kappa shape index (κ2) is 7.53. The zero-order chi connectivity index (χ0) is 18.8. The van der Waals surface area contributed by atoms with Crippen molar-refractivity contribution in [3.8, 4) is 0 Å². The van der Waals surface area contributed by atoms with E-state index in [1.165, 1.54) is 12.1 Å². The van der Waals surface area contributed by atoms with Gasteiger partial charge in [0.2, 0.25) is 5.91 Å². The monoisotopic (exact) mass is 376 g/mol. The summed E-state index contributed by atoms with van der Waals surface area (Å²) in [5.41, 5.74) is 1.35. The quantitative estimate of drug-likeness (QED) is 0.716. The number of rotatable bonds is 6.